The van der Waals surface area contributed by atoms with Gasteiger partial charge in [-0.05, 0) is 48.9 Å². The lowest BCUT2D eigenvalue weighted by Gasteiger charge is -2.30. The second-order valence-corrected chi connectivity index (χ2v) is 7.34. The van der Waals surface area contributed by atoms with Crippen LogP contribution in [0.2, 0.25) is 0 Å². The monoisotopic (exact) mass is 434 g/mol. The number of benzene rings is 3. The number of ether oxygens (including phenoxy) is 2. The van der Waals surface area contributed by atoms with E-state index in [-0.39, 0.29) is 37.2 Å². The van der Waals surface area contributed by atoms with E-state index in [1.807, 2.05) is 31.2 Å². The molecular weight excluding hydrogens is 411 g/mol. The zero-order valence-electron chi connectivity index (χ0n) is 17.6. The van der Waals surface area contributed by atoms with Crippen LogP contribution in [0.3, 0.4) is 0 Å². The van der Waals surface area contributed by atoms with Crippen molar-refractivity contribution in [3.63, 3.8) is 0 Å². The van der Waals surface area contributed by atoms with Crippen LogP contribution in [-0.4, -0.2) is 25.0 Å². The maximum absolute atomic E-state index is 14.1. The van der Waals surface area contributed by atoms with Gasteiger partial charge in [-0.1, -0.05) is 30.3 Å². The van der Waals surface area contributed by atoms with Crippen LogP contribution >= 0.6 is 0 Å². The molecule has 0 aromatic heterocycles. The molecule has 1 heterocycles. The summed E-state index contributed by atoms with van der Waals surface area (Å²) < 4.78 is 25.1. The number of hydrogen-bond donors (Lipinski definition) is 1. The Labute approximate surface area is 185 Å². The second kappa shape index (κ2) is 9.51. The van der Waals surface area contributed by atoms with Gasteiger partial charge in [0.2, 0.25) is 5.91 Å². The third kappa shape index (κ3) is 4.88. The van der Waals surface area contributed by atoms with Crippen molar-refractivity contribution in [2.24, 2.45) is 0 Å². The van der Waals surface area contributed by atoms with Crippen molar-refractivity contribution in [1.29, 1.82) is 0 Å². The highest BCUT2D eigenvalue weighted by molar-refractivity contribution is 5.99. The van der Waals surface area contributed by atoms with Crippen LogP contribution in [0.5, 0.6) is 11.5 Å². The van der Waals surface area contributed by atoms with E-state index in [2.05, 4.69) is 5.32 Å². The average molecular weight is 434 g/mol. The standard InChI is InChI=1S/C25H23FN2O4/c1-2-31-20-10-7-17(8-11-20)13-24(29)27-19-9-12-23-22(14-19)28(25(30)16-32-23)15-18-5-3-4-6-21(18)26/h3-12,14H,2,13,15-16H2,1H3,(H,27,29). The van der Waals surface area contributed by atoms with E-state index < -0.39 is 0 Å². The Kier molecular flexibility index (Phi) is 6.35. The van der Waals surface area contributed by atoms with Crippen molar-refractivity contribution in [2.45, 2.75) is 19.9 Å². The van der Waals surface area contributed by atoms with Crippen LogP contribution in [-0.2, 0) is 22.6 Å². The van der Waals surface area contributed by atoms with Gasteiger partial charge in [-0.2, -0.15) is 0 Å². The predicted molar refractivity (Wildman–Crippen MR) is 119 cm³/mol. The number of amides is 2. The van der Waals surface area contributed by atoms with Crippen molar-refractivity contribution in [3.8, 4) is 11.5 Å². The van der Waals surface area contributed by atoms with Crippen molar-refractivity contribution < 1.29 is 23.5 Å². The van der Waals surface area contributed by atoms with Gasteiger partial charge in [-0.25, -0.2) is 4.39 Å². The molecule has 0 saturated heterocycles. The molecule has 0 fully saturated rings. The van der Waals surface area contributed by atoms with E-state index in [1.165, 1.54) is 11.0 Å². The van der Waals surface area contributed by atoms with Gasteiger partial charge in [0.25, 0.3) is 5.91 Å². The predicted octanol–water partition coefficient (Wildman–Crippen LogP) is 4.33. The molecule has 3 aromatic carbocycles. The number of halogens is 1. The van der Waals surface area contributed by atoms with Gasteiger partial charge in [0.05, 0.1) is 25.3 Å². The number of anilines is 2. The van der Waals surface area contributed by atoms with Crippen LogP contribution in [0, 0.1) is 5.82 Å². The second-order valence-electron chi connectivity index (χ2n) is 7.34. The number of hydrogen-bond acceptors (Lipinski definition) is 4. The summed E-state index contributed by atoms with van der Waals surface area (Å²) >= 11 is 0. The molecule has 6 nitrogen and oxygen atoms in total. The molecule has 0 radical (unpaired) electrons. The van der Waals surface area contributed by atoms with Crippen LogP contribution in [0.25, 0.3) is 0 Å². The highest BCUT2D eigenvalue weighted by atomic mass is 19.1. The number of fused-ring (bicyclic) bond motifs is 1. The van der Waals surface area contributed by atoms with Gasteiger partial charge in [-0.3, -0.25) is 9.59 Å². The molecule has 0 unspecified atom stereocenters. The Bertz CT molecular complexity index is 1130. The molecule has 0 saturated carbocycles. The highest BCUT2D eigenvalue weighted by Gasteiger charge is 2.27. The van der Waals surface area contributed by atoms with Gasteiger partial charge >= 0.3 is 0 Å². The minimum atomic E-state index is -0.381. The Balaban J connectivity index is 1.49. The molecule has 0 atom stereocenters. The molecule has 3 aromatic rings. The third-order valence-electron chi connectivity index (χ3n) is 5.07. The zero-order valence-corrected chi connectivity index (χ0v) is 17.6. The summed E-state index contributed by atoms with van der Waals surface area (Å²) in [6.07, 6.45) is 0.192. The fourth-order valence-corrected chi connectivity index (χ4v) is 3.51. The maximum atomic E-state index is 14.1. The fourth-order valence-electron chi connectivity index (χ4n) is 3.51. The van der Waals surface area contributed by atoms with Gasteiger partial charge in [-0.15, -0.1) is 0 Å². The zero-order chi connectivity index (χ0) is 22.5. The van der Waals surface area contributed by atoms with Crippen LogP contribution in [0.15, 0.2) is 66.7 Å². The van der Waals surface area contributed by atoms with Gasteiger partial charge in [0.1, 0.15) is 17.3 Å². The van der Waals surface area contributed by atoms with E-state index in [0.29, 0.717) is 29.3 Å². The molecule has 0 aliphatic carbocycles. The first-order valence-electron chi connectivity index (χ1n) is 10.4. The van der Waals surface area contributed by atoms with E-state index in [1.54, 1.807) is 36.4 Å². The molecule has 0 spiro atoms. The first-order valence-corrected chi connectivity index (χ1v) is 10.4. The topological polar surface area (TPSA) is 67.9 Å². The number of carbonyl (C=O) groups is 2. The molecule has 1 aliphatic heterocycles. The van der Waals surface area contributed by atoms with Crippen LogP contribution in [0.4, 0.5) is 15.8 Å². The molecule has 1 aliphatic rings. The maximum Gasteiger partial charge on any atom is 0.265 e. The molecule has 1 N–H and O–H groups in total. The Morgan fingerprint density at radius 1 is 1.12 bits per heavy atom. The molecule has 32 heavy (non-hydrogen) atoms. The molecule has 164 valence electrons. The summed E-state index contributed by atoms with van der Waals surface area (Å²) in [5.74, 6) is 0.404. The van der Waals surface area contributed by atoms with Gasteiger partial charge < -0.3 is 19.7 Å². The first-order chi connectivity index (χ1) is 15.5. The lowest BCUT2D eigenvalue weighted by Crippen LogP contribution is -2.38. The molecule has 2 amide bonds. The summed E-state index contributed by atoms with van der Waals surface area (Å²) in [4.78, 5) is 26.5. The van der Waals surface area contributed by atoms with Gasteiger partial charge in [0.15, 0.2) is 6.61 Å². The van der Waals surface area contributed by atoms with Crippen LogP contribution < -0.4 is 19.7 Å². The van der Waals surface area contributed by atoms with Crippen molar-refractivity contribution >= 4 is 23.2 Å². The number of nitrogens with one attached hydrogen (secondary N) is 1. The summed E-state index contributed by atoms with van der Waals surface area (Å²) in [5.41, 5.74) is 2.27. The van der Waals surface area contributed by atoms with E-state index in [0.717, 1.165) is 11.3 Å². The number of carbonyl (C=O) groups excluding carboxylic acids is 2. The van der Waals surface area contributed by atoms with Crippen LogP contribution in [0.1, 0.15) is 18.1 Å². The molecular formula is C25H23FN2O4. The summed E-state index contributed by atoms with van der Waals surface area (Å²) in [6.45, 7) is 2.45. The lowest BCUT2D eigenvalue weighted by molar-refractivity contribution is -0.121. The van der Waals surface area contributed by atoms with Crippen molar-refractivity contribution in [2.75, 3.05) is 23.4 Å². The van der Waals surface area contributed by atoms with Gasteiger partial charge in [0, 0.05) is 11.3 Å². The lowest BCUT2D eigenvalue weighted by atomic mass is 10.1. The highest BCUT2D eigenvalue weighted by Crippen LogP contribution is 2.35. The van der Waals surface area contributed by atoms with E-state index in [4.69, 9.17) is 9.47 Å². The average Bonchev–Trinajstić information content (AvgIpc) is 2.78. The minimum Gasteiger partial charge on any atom is -0.494 e. The van der Waals surface area contributed by atoms with Crippen molar-refractivity contribution in [3.05, 3.63) is 83.7 Å². The normalized spacial score (nSPS) is 12.7. The molecule has 0 bridgehead atoms. The fraction of sp³-hybridized carbons (Fsp3) is 0.200. The Morgan fingerprint density at radius 3 is 2.66 bits per heavy atom. The van der Waals surface area contributed by atoms with E-state index in [9.17, 15) is 14.0 Å². The minimum absolute atomic E-state index is 0.0748. The molecule has 7 heteroatoms. The summed E-state index contributed by atoms with van der Waals surface area (Å²) in [7, 11) is 0. The Hall–Kier alpha value is -3.87. The SMILES string of the molecule is CCOc1ccc(CC(=O)Nc2ccc3c(c2)N(Cc2ccccc2F)C(=O)CO3)cc1. The quantitative estimate of drug-likeness (QED) is 0.601. The third-order valence-corrected chi connectivity index (χ3v) is 5.07. The van der Waals surface area contributed by atoms with E-state index >= 15 is 0 Å². The number of nitrogens with zero attached hydrogens (tertiary/aromatic N) is 1. The Morgan fingerprint density at radius 2 is 1.91 bits per heavy atom. The summed E-state index contributed by atoms with van der Waals surface area (Å²) in [5, 5.41) is 2.85. The van der Waals surface area contributed by atoms with Crippen molar-refractivity contribution in [1.82, 2.24) is 0 Å². The first kappa shape index (κ1) is 21.4. The molecule has 4 rings (SSSR count). The number of rotatable bonds is 7. The smallest absolute Gasteiger partial charge is 0.265 e. The largest absolute Gasteiger partial charge is 0.494 e. The summed E-state index contributed by atoms with van der Waals surface area (Å²) in [6, 6.07) is 18.8.